The lowest BCUT2D eigenvalue weighted by Gasteiger charge is -2.39. The van der Waals surface area contributed by atoms with E-state index in [-0.39, 0.29) is 33.6 Å². The van der Waals surface area contributed by atoms with E-state index in [1.54, 1.807) is 23.1 Å². The maximum absolute atomic E-state index is 13.2. The smallest absolute Gasteiger partial charge is 0.294 e. The van der Waals surface area contributed by atoms with Gasteiger partial charge in [0.25, 0.3) is 5.69 Å². The maximum Gasteiger partial charge on any atom is 0.294 e. The first kappa shape index (κ1) is 22.4. The van der Waals surface area contributed by atoms with E-state index in [1.165, 1.54) is 23.1 Å². The average molecular weight is 487 g/mol. The van der Waals surface area contributed by atoms with Gasteiger partial charge < -0.3 is 5.73 Å². The first-order valence-electron chi connectivity index (χ1n) is 9.82. The number of nitriles is 1. The number of nitrogens with two attached hydrogens (primary N) is 1. The minimum Gasteiger partial charge on any atom is -0.384 e. The zero-order valence-electron chi connectivity index (χ0n) is 17.3. The Balaban J connectivity index is 2.03. The van der Waals surface area contributed by atoms with Crippen molar-refractivity contribution in [1.82, 2.24) is 0 Å². The molecule has 2 aromatic rings. The number of carbonyl (C=O) groups is 1. The molecule has 0 amide bonds. The van der Waals surface area contributed by atoms with E-state index in [2.05, 4.69) is 6.07 Å². The van der Waals surface area contributed by atoms with Gasteiger partial charge in [-0.1, -0.05) is 11.6 Å². The van der Waals surface area contributed by atoms with Crippen molar-refractivity contribution in [3.8, 4) is 6.07 Å². The normalized spacial score (nSPS) is 18.6. The van der Waals surface area contributed by atoms with Crippen molar-refractivity contribution in [2.45, 2.75) is 36.3 Å². The number of hydrogen-bond acceptors (Lipinski definition) is 8. The van der Waals surface area contributed by atoms with Crippen LogP contribution in [0.4, 0.5) is 11.4 Å². The standard InChI is InChI=1S/C22H19ClN4O3S2/c1-11-8-13(22(31-2)32-11)19-14(10-24)21(25)26(16-4-3-5-18(28)20(16)19)15-7-6-12(23)9-17(15)27(29)30/h6-9,19H,3-5,25H2,1-2H3. The highest BCUT2D eigenvalue weighted by Gasteiger charge is 2.42. The Morgan fingerprint density at radius 2 is 2.12 bits per heavy atom. The molecule has 164 valence electrons. The third kappa shape index (κ3) is 3.58. The van der Waals surface area contributed by atoms with Crippen molar-refractivity contribution in [2.24, 2.45) is 5.73 Å². The zero-order valence-corrected chi connectivity index (χ0v) is 19.7. The van der Waals surface area contributed by atoms with Gasteiger partial charge in [-0.15, -0.1) is 23.1 Å². The molecule has 1 aromatic heterocycles. The predicted octanol–water partition coefficient (Wildman–Crippen LogP) is 5.64. The zero-order chi connectivity index (χ0) is 23.2. The van der Waals surface area contributed by atoms with Gasteiger partial charge in [-0.05, 0) is 49.8 Å². The first-order valence-corrected chi connectivity index (χ1v) is 12.2. The van der Waals surface area contributed by atoms with Crippen molar-refractivity contribution in [2.75, 3.05) is 11.2 Å². The number of nitro groups is 1. The van der Waals surface area contributed by atoms with Gasteiger partial charge in [-0.25, -0.2) is 0 Å². The van der Waals surface area contributed by atoms with Gasteiger partial charge in [0.2, 0.25) is 0 Å². The van der Waals surface area contributed by atoms with Crippen molar-refractivity contribution in [1.29, 1.82) is 5.26 Å². The second-order valence-corrected chi connectivity index (χ2v) is 10.3. The molecule has 32 heavy (non-hydrogen) atoms. The van der Waals surface area contributed by atoms with E-state index < -0.39 is 10.8 Å². The Morgan fingerprint density at radius 1 is 1.38 bits per heavy atom. The molecule has 0 bridgehead atoms. The number of anilines is 1. The number of halogens is 1. The summed E-state index contributed by atoms with van der Waals surface area (Å²) in [7, 11) is 0. The molecule has 0 fully saturated rings. The largest absolute Gasteiger partial charge is 0.384 e. The fourth-order valence-electron chi connectivity index (χ4n) is 4.38. The third-order valence-corrected chi connectivity index (χ3v) is 8.09. The van der Waals surface area contributed by atoms with Crippen molar-refractivity contribution < 1.29 is 9.72 Å². The minimum atomic E-state index is -0.585. The summed E-state index contributed by atoms with van der Waals surface area (Å²) in [5.41, 5.74) is 8.70. The predicted molar refractivity (Wildman–Crippen MR) is 127 cm³/mol. The van der Waals surface area contributed by atoms with Gasteiger partial charge in [0.1, 0.15) is 11.5 Å². The average Bonchev–Trinajstić information content (AvgIpc) is 3.13. The van der Waals surface area contributed by atoms with Crippen LogP contribution in [0.5, 0.6) is 0 Å². The second-order valence-electron chi connectivity index (χ2n) is 7.51. The Labute approximate surface area is 198 Å². The van der Waals surface area contributed by atoms with Crippen LogP contribution in [0.1, 0.15) is 35.6 Å². The molecule has 2 aliphatic rings. The van der Waals surface area contributed by atoms with E-state index in [4.69, 9.17) is 17.3 Å². The fourth-order valence-corrected chi connectivity index (χ4v) is 6.46. The molecule has 1 unspecified atom stereocenters. The van der Waals surface area contributed by atoms with Crippen LogP contribution in [-0.2, 0) is 4.79 Å². The summed E-state index contributed by atoms with van der Waals surface area (Å²) in [5, 5.41) is 22.1. The number of thiophene rings is 1. The first-order chi connectivity index (χ1) is 15.3. The van der Waals surface area contributed by atoms with Gasteiger partial charge in [-0.2, -0.15) is 5.26 Å². The number of thioether (sulfide) groups is 1. The lowest BCUT2D eigenvalue weighted by atomic mass is 9.76. The second kappa shape index (κ2) is 8.62. The van der Waals surface area contributed by atoms with Crippen LogP contribution in [0.25, 0.3) is 0 Å². The summed E-state index contributed by atoms with van der Waals surface area (Å²) in [5.74, 6) is -0.542. The Hall–Kier alpha value is -2.80. The van der Waals surface area contributed by atoms with Crippen LogP contribution >= 0.6 is 34.7 Å². The monoisotopic (exact) mass is 486 g/mol. The molecular formula is C22H19ClN4O3S2. The van der Waals surface area contributed by atoms with Crippen LogP contribution < -0.4 is 10.6 Å². The number of nitrogens with zero attached hydrogens (tertiary/aromatic N) is 3. The van der Waals surface area contributed by atoms with Crippen LogP contribution in [0.15, 0.2) is 51.1 Å². The van der Waals surface area contributed by atoms with Crippen molar-refractivity contribution in [3.63, 3.8) is 0 Å². The molecule has 10 heteroatoms. The van der Waals surface area contributed by atoms with Crippen LogP contribution in [-0.4, -0.2) is 17.0 Å². The number of Topliss-reactive ketones (excluding diaryl/α,β-unsaturated/α-hetero) is 1. The topological polar surface area (TPSA) is 113 Å². The van der Waals surface area contributed by atoms with E-state index in [0.29, 0.717) is 30.5 Å². The van der Waals surface area contributed by atoms with Gasteiger partial charge in [0, 0.05) is 33.7 Å². The molecule has 0 saturated carbocycles. The number of aryl methyl sites for hydroxylation is 1. The summed E-state index contributed by atoms with van der Waals surface area (Å²) in [4.78, 5) is 27.0. The molecule has 1 atom stereocenters. The quantitative estimate of drug-likeness (QED) is 0.337. The number of carbonyl (C=O) groups excluding carboxylic acids is 1. The number of rotatable bonds is 4. The van der Waals surface area contributed by atoms with Crippen molar-refractivity contribution >= 4 is 51.9 Å². The highest BCUT2D eigenvalue weighted by molar-refractivity contribution is 8.00. The highest BCUT2D eigenvalue weighted by atomic mass is 35.5. The van der Waals surface area contributed by atoms with E-state index >= 15 is 0 Å². The Morgan fingerprint density at radius 3 is 2.78 bits per heavy atom. The lowest BCUT2D eigenvalue weighted by Crippen LogP contribution is -2.39. The molecule has 0 saturated heterocycles. The molecule has 7 nitrogen and oxygen atoms in total. The van der Waals surface area contributed by atoms with Crippen LogP contribution in [0.3, 0.4) is 0 Å². The number of hydrogen-bond donors (Lipinski definition) is 1. The van der Waals surface area contributed by atoms with E-state index in [9.17, 15) is 20.2 Å². The lowest BCUT2D eigenvalue weighted by molar-refractivity contribution is -0.384. The Kier molecular flexibility index (Phi) is 6.03. The summed E-state index contributed by atoms with van der Waals surface area (Å²) in [6, 6.07) is 8.50. The molecular weight excluding hydrogens is 468 g/mol. The van der Waals surface area contributed by atoms with Crippen LogP contribution in [0.2, 0.25) is 5.02 Å². The Bertz CT molecular complexity index is 1260. The van der Waals surface area contributed by atoms with Gasteiger partial charge in [-0.3, -0.25) is 19.8 Å². The number of benzene rings is 1. The highest BCUT2D eigenvalue weighted by Crippen LogP contribution is 2.50. The number of nitro benzene ring substituents is 1. The number of allylic oxidation sites excluding steroid dienone is 3. The fraction of sp³-hybridized carbons (Fsp3) is 0.273. The number of ketones is 1. The SMILES string of the molecule is CSc1sc(C)cc1C1C(C#N)=C(N)N(c2ccc(Cl)cc2[N+](=O)[O-])C2=C1C(=O)CCC2. The summed E-state index contributed by atoms with van der Waals surface area (Å²) in [6.45, 7) is 1.98. The molecule has 1 aliphatic carbocycles. The molecule has 0 radical (unpaired) electrons. The van der Waals surface area contributed by atoms with Crippen molar-refractivity contribution in [3.05, 3.63) is 72.5 Å². The molecule has 2 heterocycles. The molecule has 1 aliphatic heterocycles. The third-order valence-electron chi connectivity index (χ3n) is 5.63. The summed E-state index contributed by atoms with van der Waals surface area (Å²) < 4.78 is 1.02. The van der Waals surface area contributed by atoms with E-state index in [1.807, 2.05) is 19.2 Å². The molecule has 4 rings (SSSR count). The maximum atomic E-state index is 13.2. The van der Waals surface area contributed by atoms with Crippen LogP contribution in [0, 0.1) is 28.4 Å². The molecule has 0 spiro atoms. The molecule has 1 aromatic carbocycles. The summed E-state index contributed by atoms with van der Waals surface area (Å²) in [6.07, 6.45) is 3.45. The van der Waals surface area contributed by atoms with E-state index in [0.717, 1.165) is 14.6 Å². The summed E-state index contributed by atoms with van der Waals surface area (Å²) >= 11 is 9.18. The van der Waals surface area contributed by atoms with Gasteiger partial charge >= 0.3 is 0 Å². The van der Waals surface area contributed by atoms with Gasteiger partial charge in [0.15, 0.2) is 5.78 Å². The van der Waals surface area contributed by atoms with Gasteiger partial charge in [0.05, 0.1) is 26.7 Å². The minimum absolute atomic E-state index is 0.0611. The molecule has 2 N–H and O–H groups in total.